The lowest BCUT2D eigenvalue weighted by molar-refractivity contribution is -0.226. The van der Waals surface area contributed by atoms with Gasteiger partial charge in [0.1, 0.15) is 11.7 Å². The molecule has 0 aromatic heterocycles. The number of methoxy groups -OCH3 is 1. The van der Waals surface area contributed by atoms with Gasteiger partial charge in [-0.1, -0.05) is 13.0 Å². The number of ether oxygens (including phenoxy) is 3. The third-order valence-electron chi connectivity index (χ3n) is 8.29. The first-order valence-corrected chi connectivity index (χ1v) is 10.3. The highest BCUT2D eigenvalue weighted by Crippen LogP contribution is 2.73. The summed E-state index contributed by atoms with van der Waals surface area (Å²) in [5, 5.41) is 12.7. The maximum absolute atomic E-state index is 9.49. The van der Waals surface area contributed by atoms with E-state index in [1.54, 1.807) is 0 Å². The van der Waals surface area contributed by atoms with Crippen LogP contribution in [0.4, 0.5) is 0 Å². The summed E-state index contributed by atoms with van der Waals surface area (Å²) in [6.07, 6.45) is 8.25. The minimum absolute atomic E-state index is 0.0128. The molecule has 2 bridgehead atoms. The van der Waals surface area contributed by atoms with E-state index in [1.807, 2.05) is 20.1 Å². The number of nitrogens with zero attached hydrogens (tertiary/aromatic N) is 1. The summed E-state index contributed by atoms with van der Waals surface area (Å²) in [4.78, 5) is 0. The van der Waals surface area contributed by atoms with Crippen LogP contribution in [0.2, 0.25) is 0 Å². The summed E-state index contributed by atoms with van der Waals surface area (Å²) in [7, 11) is 1.84. The lowest BCUT2D eigenvalue weighted by Gasteiger charge is -2.68. The fraction of sp³-hybridized carbons (Fsp3) is 0.682. The normalized spacial score (nSPS) is 40.1. The highest BCUT2D eigenvalue weighted by atomic mass is 16.6. The lowest BCUT2D eigenvalue weighted by atomic mass is 9.38. The van der Waals surface area contributed by atoms with Gasteiger partial charge in [-0.25, -0.2) is 0 Å². The molecule has 1 aromatic carbocycles. The fourth-order valence-corrected chi connectivity index (χ4v) is 7.26. The van der Waals surface area contributed by atoms with Crippen molar-refractivity contribution in [1.82, 2.24) is 5.32 Å². The van der Waals surface area contributed by atoms with Crippen LogP contribution in [0.25, 0.3) is 0 Å². The Hall–Kier alpha value is -1.93. The van der Waals surface area contributed by atoms with Gasteiger partial charge in [-0.05, 0) is 57.1 Å². The minimum atomic E-state index is -0.244. The van der Waals surface area contributed by atoms with Crippen molar-refractivity contribution in [1.29, 1.82) is 5.26 Å². The molecule has 1 aliphatic heterocycles. The molecule has 1 spiro atoms. The van der Waals surface area contributed by atoms with Crippen molar-refractivity contribution >= 4 is 0 Å². The van der Waals surface area contributed by atoms with Crippen LogP contribution < -0.4 is 14.8 Å². The smallest absolute Gasteiger partial charge is 0.176 e. The van der Waals surface area contributed by atoms with Gasteiger partial charge in [0, 0.05) is 29.5 Å². The molecule has 4 aliphatic carbocycles. The maximum atomic E-state index is 9.49. The van der Waals surface area contributed by atoms with Crippen molar-refractivity contribution in [2.75, 3.05) is 13.7 Å². The molecule has 6 rings (SSSR count). The Labute approximate surface area is 161 Å². The summed E-state index contributed by atoms with van der Waals surface area (Å²) < 4.78 is 18.9. The molecular weight excluding hydrogens is 340 g/mol. The van der Waals surface area contributed by atoms with Crippen LogP contribution in [-0.2, 0) is 16.6 Å². The molecule has 3 atom stereocenters. The van der Waals surface area contributed by atoms with E-state index in [-0.39, 0.29) is 28.6 Å². The second kappa shape index (κ2) is 5.54. The Morgan fingerprint density at radius 3 is 2.67 bits per heavy atom. The summed E-state index contributed by atoms with van der Waals surface area (Å²) in [5.74, 6) is 1.79. The Morgan fingerprint density at radius 1 is 1.26 bits per heavy atom. The number of hydrogen-bond donors (Lipinski definition) is 1. The van der Waals surface area contributed by atoms with Crippen molar-refractivity contribution in [2.45, 2.75) is 75.5 Å². The first kappa shape index (κ1) is 17.2. The molecule has 5 heteroatoms. The largest absolute Gasteiger partial charge is 0.490 e. The van der Waals surface area contributed by atoms with Crippen molar-refractivity contribution in [2.24, 2.45) is 5.41 Å². The molecule has 0 amide bonds. The monoisotopic (exact) mass is 368 g/mol. The number of nitrogens with one attached hydrogen (secondary N) is 1. The first-order valence-electron chi connectivity index (χ1n) is 10.3. The Morgan fingerprint density at radius 2 is 2.04 bits per heavy atom. The lowest BCUT2D eigenvalue weighted by Crippen LogP contribution is -2.75. The molecule has 27 heavy (non-hydrogen) atoms. The van der Waals surface area contributed by atoms with E-state index in [4.69, 9.17) is 14.2 Å². The molecule has 144 valence electrons. The molecule has 5 aliphatic rings. The van der Waals surface area contributed by atoms with Gasteiger partial charge >= 0.3 is 0 Å². The summed E-state index contributed by atoms with van der Waals surface area (Å²) in [5.41, 5.74) is 2.31. The fourth-order valence-electron chi connectivity index (χ4n) is 7.26. The van der Waals surface area contributed by atoms with Gasteiger partial charge in [-0.3, -0.25) is 0 Å². The van der Waals surface area contributed by atoms with Crippen LogP contribution in [-0.4, -0.2) is 31.5 Å². The van der Waals surface area contributed by atoms with E-state index in [0.717, 1.165) is 50.0 Å². The van der Waals surface area contributed by atoms with Gasteiger partial charge in [0.2, 0.25) is 0 Å². The summed E-state index contributed by atoms with van der Waals surface area (Å²) in [6.45, 7) is 4.92. The van der Waals surface area contributed by atoms with Gasteiger partial charge in [0.15, 0.2) is 17.7 Å². The maximum Gasteiger partial charge on any atom is 0.176 e. The first-order chi connectivity index (χ1) is 13.1. The summed E-state index contributed by atoms with van der Waals surface area (Å²) >= 11 is 0. The zero-order valence-corrected chi connectivity index (χ0v) is 16.4. The van der Waals surface area contributed by atoms with Gasteiger partial charge in [-0.2, -0.15) is 5.26 Å². The van der Waals surface area contributed by atoms with E-state index >= 15 is 0 Å². The highest BCUT2D eigenvalue weighted by molar-refractivity contribution is 5.63. The molecule has 0 radical (unpaired) electrons. The third kappa shape index (κ3) is 1.74. The van der Waals surface area contributed by atoms with E-state index < -0.39 is 0 Å². The molecule has 0 saturated heterocycles. The van der Waals surface area contributed by atoms with Crippen molar-refractivity contribution < 1.29 is 14.2 Å². The van der Waals surface area contributed by atoms with Crippen LogP contribution >= 0.6 is 0 Å². The van der Waals surface area contributed by atoms with Crippen LogP contribution in [0, 0.1) is 16.9 Å². The van der Waals surface area contributed by atoms with Crippen LogP contribution in [0.5, 0.6) is 11.5 Å². The molecule has 5 nitrogen and oxygen atoms in total. The topological polar surface area (TPSA) is 63.5 Å². The number of fused-ring (bicyclic) bond motifs is 2. The van der Waals surface area contributed by atoms with Crippen LogP contribution in [0.1, 0.15) is 57.1 Å². The Kier molecular flexibility index (Phi) is 3.53. The molecule has 3 fully saturated rings. The standard InChI is InChI=1S/C22H28N2O3/c1-4-22-17-14-6-7-15(26-5-2)18(17)27-19(22)21(25-3)10-8-20(22,9-11-21)16(12-14)24-13-23/h6-7,16,19,24H,4-5,8-12H2,1-3H3/t16-,19+,20?,21?,22+/m1/s1. The molecule has 1 N–H and O–H groups in total. The highest BCUT2D eigenvalue weighted by Gasteiger charge is 2.76. The van der Waals surface area contributed by atoms with Crippen molar-refractivity contribution in [3.05, 3.63) is 23.3 Å². The molecule has 3 saturated carbocycles. The van der Waals surface area contributed by atoms with Crippen molar-refractivity contribution in [3.8, 4) is 17.7 Å². The van der Waals surface area contributed by atoms with E-state index in [1.165, 1.54) is 11.1 Å². The minimum Gasteiger partial charge on any atom is -0.490 e. The molecule has 0 unspecified atom stereocenters. The number of nitriles is 1. The van der Waals surface area contributed by atoms with Crippen LogP contribution in [0.15, 0.2) is 12.1 Å². The Bertz CT molecular complexity index is 822. The van der Waals surface area contributed by atoms with Crippen LogP contribution in [0.3, 0.4) is 0 Å². The average Bonchev–Trinajstić information content (AvgIpc) is 3.09. The van der Waals surface area contributed by atoms with Gasteiger partial charge in [0.25, 0.3) is 0 Å². The average molecular weight is 368 g/mol. The van der Waals surface area contributed by atoms with Gasteiger partial charge in [0.05, 0.1) is 6.61 Å². The second-order valence-electron chi connectivity index (χ2n) is 8.62. The SMILES string of the molecule is CCOc1ccc2c3c1O[C@H]1C4(OC)CCC(CC4)([C@H](NC#N)C2)[C@@]31CC. The molecule has 1 aromatic rings. The second-order valence-corrected chi connectivity index (χ2v) is 8.62. The van der Waals surface area contributed by atoms with E-state index in [0.29, 0.717) is 6.61 Å². The quantitative estimate of drug-likeness (QED) is 0.637. The number of benzene rings is 1. The number of hydrogen-bond acceptors (Lipinski definition) is 5. The van der Waals surface area contributed by atoms with Gasteiger partial charge < -0.3 is 19.5 Å². The molecular formula is C22H28N2O3. The van der Waals surface area contributed by atoms with Gasteiger partial charge in [-0.15, -0.1) is 0 Å². The zero-order valence-electron chi connectivity index (χ0n) is 16.4. The zero-order chi connectivity index (χ0) is 18.9. The number of rotatable bonds is 5. The van der Waals surface area contributed by atoms with Crippen molar-refractivity contribution in [3.63, 3.8) is 0 Å². The predicted octanol–water partition coefficient (Wildman–Crippen LogP) is 3.45. The third-order valence-corrected chi connectivity index (χ3v) is 8.29. The van der Waals surface area contributed by atoms with E-state index in [2.05, 4.69) is 24.5 Å². The Balaban J connectivity index is 1.81. The summed E-state index contributed by atoms with van der Waals surface area (Å²) in [6, 6.07) is 4.38. The predicted molar refractivity (Wildman–Crippen MR) is 101 cm³/mol. The van der Waals surface area contributed by atoms with E-state index in [9.17, 15) is 5.26 Å². The molecule has 1 heterocycles.